The molecule has 1 unspecified atom stereocenters. The number of hydrogen-bond donors (Lipinski definition) is 0. The number of ether oxygens (including phenoxy) is 3. The molecule has 0 aromatic rings. The highest BCUT2D eigenvalue weighted by Crippen LogP contribution is 2.18. The van der Waals surface area contributed by atoms with Crippen LogP contribution in [0.4, 0.5) is 0 Å². The van der Waals surface area contributed by atoms with Crippen LogP contribution in [0.2, 0.25) is 0 Å². The summed E-state index contributed by atoms with van der Waals surface area (Å²) >= 11 is 0. The molecule has 0 spiro atoms. The normalized spacial score (nSPS) is 12.6. The van der Waals surface area contributed by atoms with Crippen LogP contribution in [0.1, 0.15) is 355 Å². The summed E-state index contributed by atoms with van der Waals surface area (Å²) in [5.41, 5.74) is 0. The van der Waals surface area contributed by atoms with Gasteiger partial charge in [0, 0.05) is 19.3 Å². The van der Waals surface area contributed by atoms with Gasteiger partial charge in [-0.15, -0.1) is 0 Å². The van der Waals surface area contributed by atoms with Crippen LogP contribution in [0.5, 0.6) is 0 Å². The van der Waals surface area contributed by atoms with E-state index < -0.39 is 6.10 Å². The molecule has 0 saturated carbocycles. The van der Waals surface area contributed by atoms with Crippen LogP contribution in [0.3, 0.4) is 0 Å². The van der Waals surface area contributed by atoms with Crippen LogP contribution in [0.25, 0.3) is 0 Å². The Morgan fingerprint density at radius 3 is 0.753 bits per heavy atom. The molecule has 0 aliphatic carbocycles. The molecule has 1 atom stereocenters. The standard InChI is InChI=1S/C75H132O6/c1-4-7-10-13-16-18-20-22-24-26-28-30-32-34-35-36-37-38-39-40-41-42-44-45-47-49-51-53-55-57-59-62-65-68-74(77)80-71-72(70-79-73(76)67-64-61-15-12-9-6-3)81-75(78)69-66-63-60-58-56-54-52-50-48-46-43-33-31-29-27-25-23-21-19-17-14-11-8-5-2/h7,10,16,18,22,24,28,30,34-35,37-38,40-41,72H,4-6,8-9,11-15,17,19-21,23,25-27,29,31-33,36,39,42-71H2,1-3H3/b10-7-,18-16-,24-22-,30-28-,35-34-,38-37-,41-40-. The number of unbranched alkanes of at least 4 members (excludes halogenated alkanes) is 39. The number of carbonyl (C=O) groups is 3. The Morgan fingerprint density at radius 1 is 0.259 bits per heavy atom. The molecule has 0 fully saturated rings. The molecule has 0 heterocycles. The topological polar surface area (TPSA) is 78.9 Å². The lowest BCUT2D eigenvalue weighted by Crippen LogP contribution is -2.30. The van der Waals surface area contributed by atoms with Crippen molar-refractivity contribution in [1.29, 1.82) is 0 Å². The lowest BCUT2D eigenvalue weighted by Gasteiger charge is -2.18. The highest BCUT2D eigenvalue weighted by Gasteiger charge is 2.19. The monoisotopic (exact) mass is 1130 g/mol. The SMILES string of the molecule is CC/C=C\C/C=C\C/C=C\C/C=C\C/C=C\C/C=C\C/C=C\CCCCCCCCCCCCCC(=O)OCC(COC(=O)CCCCCCCC)OC(=O)CCCCCCCCCCCCCCCCCCCCCCCCCC. The molecule has 468 valence electrons. The number of hydrogen-bond acceptors (Lipinski definition) is 6. The van der Waals surface area contributed by atoms with Crippen molar-refractivity contribution in [3.8, 4) is 0 Å². The van der Waals surface area contributed by atoms with Crippen LogP contribution < -0.4 is 0 Å². The molecule has 0 aromatic heterocycles. The second-order valence-electron chi connectivity index (χ2n) is 23.4. The summed E-state index contributed by atoms with van der Waals surface area (Å²) in [5.74, 6) is -0.867. The highest BCUT2D eigenvalue weighted by atomic mass is 16.6. The van der Waals surface area contributed by atoms with Gasteiger partial charge >= 0.3 is 17.9 Å². The largest absolute Gasteiger partial charge is 0.462 e. The minimum Gasteiger partial charge on any atom is -0.462 e. The van der Waals surface area contributed by atoms with Crippen molar-refractivity contribution in [2.45, 2.75) is 361 Å². The second kappa shape index (κ2) is 69.1. The van der Waals surface area contributed by atoms with Crippen molar-refractivity contribution in [2.75, 3.05) is 13.2 Å². The van der Waals surface area contributed by atoms with E-state index in [9.17, 15) is 14.4 Å². The van der Waals surface area contributed by atoms with Crippen LogP contribution in [0.15, 0.2) is 85.1 Å². The number of carbonyl (C=O) groups excluding carboxylic acids is 3. The summed E-state index contributed by atoms with van der Waals surface area (Å²) in [4.78, 5) is 38.1. The molecule has 0 bridgehead atoms. The summed E-state index contributed by atoms with van der Waals surface area (Å²) in [7, 11) is 0. The van der Waals surface area contributed by atoms with E-state index in [1.165, 1.54) is 212 Å². The van der Waals surface area contributed by atoms with Crippen LogP contribution in [0, 0.1) is 0 Å². The zero-order chi connectivity index (χ0) is 58.5. The molecule has 81 heavy (non-hydrogen) atoms. The smallest absolute Gasteiger partial charge is 0.306 e. The maximum Gasteiger partial charge on any atom is 0.306 e. The van der Waals surface area contributed by atoms with Gasteiger partial charge in [-0.3, -0.25) is 14.4 Å². The first-order valence-electron chi connectivity index (χ1n) is 35.1. The van der Waals surface area contributed by atoms with E-state index in [0.29, 0.717) is 19.3 Å². The fourth-order valence-electron chi connectivity index (χ4n) is 10.2. The van der Waals surface area contributed by atoms with Crippen molar-refractivity contribution in [3.63, 3.8) is 0 Å². The molecule has 0 rings (SSSR count). The molecule has 0 aliphatic rings. The van der Waals surface area contributed by atoms with Crippen molar-refractivity contribution >= 4 is 17.9 Å². The third-order valence-electron chi connectivity index (χ3n) is 15.4. The van der Waals surface area contributed by atoms with Crippen molar-refractivity contribution in [1.82, 2.24) is 0 Å². The zero-order valence-electron chi connectivity index (χ0n) is 53.8. The summed E-state index contributed by atoms with van der Waals surface area (Å²) in [6.45, 7) is 6.51. The quantitative estimate of drug-likeness (QED) is 0.0261. The first-order chi connectivity index (χ1) is 40.0. The number of esters is 3. The predicted molar refractivity (Wildman–Crippen MR) is 353 cm³/mol. The molecular formula is C75H132O6. The van der Waals surface area contributed by atoms with Crippen LogP contribution in [-0.4, -0.2) is 37.2 Å². The lowest BCUT2D eigenvalue weighted by molar-refractivity contribution is -0.167. The van der Waals surface area contributed by atoms with Gasteiger partial charge in [-0.2, -0.15) is 0 Å². The Bertz CT molecular complexity index is 1530. The Hall–Kier alpha value is -3.41. The first kappa shape index (κ1) is 77.6. The summed E-state index contributed by atoms with van der Waals surface area (Å²) in [6, 6.07) is 0. The third-order valence-corrected chi connectivity index (χ3v) is 15.4. The molecule has 0 radical (unpaired) electrons. The van der Waals surface area contributed by atoms with Gasteiger partial charge in [0.15, 0.2) is 6.10 Å². The predicted octanol–water partition coefficient (Wildman–Crippen LogP) is 24.2. The van der Waals surface area contributed by atoms with E-state index in [4.69, 9.17) is 14.2 Å². The maximum atomic E-state index is 12.9. The van der Waals surface area contributed by atoms with Gasteiger partial charge < -0.3 is 14.2 Å². The van der Waals surface area contributed by atoms with Gasteiger partial charge in [-0.05, 0) is 77.0 Å². The Balaban J connectivity index is 4.02. The van der Waals surface area contributed by atoms with Gasteiger partial charge in [0.1, 0.15) is 13.2 Å². The van der Waals surface area contributed by atoms with Crippen LogP contribution >= 0.6 is 0 Å². The zero-order valence-corrected chi connectivity index (χ0v) is 53.8. The second-order valence-corrected chi connectivity index (χ2v) is 23.4. The molecular weight excluding hydrogens is 997 g/mol. The number of allylic oxidation sites excluding steroid dienone is 14. The summed E-state index contributed by atoms with van der Waals surface area (Å²) in [5, 5.41) is 0. The molecule has 0 amide bonds. The average molecular weight is 1130 g/mol. The molecule has 0 N–H and O–H groups in total. The van der Waals surface area contributed by atoms with E-state index in [1.54, 1.807) is 0 Å². The fourth-order valence-corrected chi connectivity index (χ4v) is 10.2. The van der Waals surface area contributed by atoms with Gasteiger partial charge in [0.25, 0.3) is 0 Å². The van der Waals surface area contributed by atoms with E-state index in [0.717, 1.165) is 103 Å². The van der Waals surface area contributed by atoms with Crippen molar-refractivity contribution < 1.29 is 28.6 Å². The Labute approximate surface area is 503 Å². The molecule has 0 aliphatic heterocycles. The molecule has 6 nitrogen and oxygen atoms in total. The number of rotatable bonds is 64. The summed E-state index contributed by atoms with van der Waals surface area (Å²) in [6.07, 6.45) is 92.2. The fraction of sp³-hybridized carbons (Fsp3) is 0.773. The Morgan fingerprint density at radius 2 is 0.481 bits per heavy atom. The molecule has 0 saturated heterocycles. The van der Waals surface area contributed by atoms with E-state index in [2.05, 4.69) is 106 Å². The molecule has 6 heteroatoms. The van der Waals surface area contributed by atoms with Gasteiger partial charge in [0.05, 0.1) is 0 Å². The van der Waals surface area contributed by atoms with E-state index >= 15 is 0 Å². The Kier molecular flexibility index (Phi) is 66.2. The van der Waals surface area contributed by atoms with Crippen molar-refractivity contribution in [3.05, 3.63) is 85.1 Å². The summed E-state index contributed by atoms with van der Waals surface area (Å²) < 4.78 is 16.9. The molecule has 0 aromatic carbocycles. The van der Waals surface area contributed by atoms with E-state index in [-0.39, 0.29) is 31.1 Å². The highest BCUT2D eigenvalue weighted by molar-refractivity contribution is 5.71. The minimum absolute atomic E-state index is 0.0726. The maximum absolute atomic E-state index is 12.9. The minimum atomic E-state index is -0.772. The first-order valence-corrected chi connectivity index (χ1v) is 35.1. The van der Waals surface area contributed by atoms with Gasteiger partial charge in [-0.25, -0.2) is 0 Å². The third kappa shape index (κ3) is 67.3. The average Bonchev–Trinajstić information content (AvgIpc) is 3.47. The van der Waals surface area contributed by atoms with E-state index in [1.807, 2.05) is 0 Å². The van der Waals surface area contributed by atoms with Crippen molar-refractivity contribution in [2.24, 2.45) is 0 Å². The van der Waals surface area contributed by atoms with Gasteiger partial charge in [0.2, 0.25) is 0 Å². The van der Waals surface area contributed by atoms with Gasteiger partial charge in [-0.1, -0.05) is 343 Å². The van der Waals surface area contributed by atoms with Crippen LogP contribution in [-0.2, 0) is 28.6 Å². The lowest BCUT2D eigenvalue weighted by atomic mass is 10.0.